The van der Waals surface area contributed by atoms with Crippen molar-refractivity contribution in [1.82, 2.24) is 15.7 Å². The summed E-state index contributed by atoms with van der Waals surface area (Å²) in [5.41, 5.74) is 1.48. The number of phenolic OH excluding ortho intramolecular Hbond substituents is 1. The first-order valence-corrected chi connectivity index (χ1v) is 22.3. The molecule has 2 amide bonds. The van der Waals surface area contributed by atoms with Crippen LogP contribution >= 0.6 is 0 Å². The summed E-state index contributed by atoms with van der Waals surface area (Å²) in [5.74, 6) is -1.89. The molecule has 14 heteroatoms. The Bertz CT molecular complexity index is 2250. The number of allylic oxidation sites excluding steroid dienone is 1. The van der Waals surface area contributed by atoms with Crippen LogP contribution in [0.3, 0.4) is 0 Å². The maximum Gasteiger partial charge on any atom is 0.327 e. The molecule has 9 rings (SSSR count). The first kappa shape index (κ1) is 43.1. The van der Waals surface area contributed by atoms with Crippen molar-refractivity contribution in [1.29, 1.82) is 0 Å². The summed E-state index contributed by atoms with van der Waals surface area (Å²) in [5, 5.41) is 27.8. The minimum Gasteiger partial charge on any atom is -0.508 e. The number of rotatable bonds is 16. The van der Waals surface area contributed by atoms with Crippen molar-refractivity contribution < 1.29 is 53.2 Å². The highest BCUT2D eigenvalue weighted by molar-refractivity contribution is 5.95. The number of esters is 2. The van der Waals surface area contributed by atoms with Crippen molar-refractivity contribution in [2.45, 2.75) is 133 Å². The molecule has 3 saturated carbocycles. The number of benzene rings is 3. The maximum absolute atomic E-state index is 15.0. The number of aromatic hydroxyl groups is 1. The van der Waals surface area contributed by atoms with E-state index >= 15 is 4.79 Å². The van der Waals surface area contributed by atoms with Gasteiger partial charge in [-0.25, -0.2) is 0 Å². The fraction of sp³-hybridized carbons (Fsp3) is 0.510. The molecule has 6 fully saturated rings. The van der Waals surface area contributed by atoms with Gasteiger partial charge in [-0.05, 0) is 99.7 Å². The molecule has 3 heterocycles. The highest BCUT2D eigenvalue weighted by Crippen LogP contribution is 2.64. The Labute approximate surface area is 367 Å². The number of phenols is 1. The molecular weight excluding hydrogens is 807 g/mol. The summed E-state index contributed by atoms with van der Waals surface area (Å²) in [7, 11) is 0. The van der Waals surface area contributed by atoms with Crippen molar-refractivity contribution in [3.8, 4) is 5.75 Å². The number of hydroxylamine groups is 2. The number of carbonyl (C=O) groups is 4. The van der Waals surface area contributed by atoms with Crippen LogP contribution in [0.2, 0.25) is 0 Å². The largest absolute Gasteiger partial charge is 0.508 e. The van der Waals surface area contributed by atoms with Crippen LogP contribution in [-0.4, -0.2) is 93.5 Å². The summed E-state index contributed by atoms with van der Waals surface area (Å²) >= 11 is 0. The molecule has 334 valence electrons. The van der Waals surface area contributed by atoms with E-state index in [2.05, 4.69) is 10.6 Å². The number of hydrogen-bond acceptors (Lipinski definition) is 12. The normalized spacial score (nSPS) is 27.7. The number of aliphatic hydroxyl groups excluding tert-OH is 1. The standard InChI is InChI=1S/C49H57N3O11/c1-47(2,3)60-39(55)23-22-36(28-53)51-44(56)32-16-8-10-29(24-32)26-50-46(58)48-25-38-40-41(62-49(61-40,34-18-19-34)35-20-21-35)43(48)63-52(42(48)45(57)59-38)27-33-13-5-4-11-30(33)14-9-15-31-12-6-7-17-37(31)54/h4-14,16-17,24,34-36,38,40-43,53-54H,15,18-23,25-28H2,1-3H3,(H,50,58)(H,51,56)/t36-,38+,40-,41-,42-,43+,48-/m0/s1. The van der Waals surface area contributed by atoms with Gasteiger partial charge in [-0.1, -0.05) is 66.7 Å². The monoisotopic (exact) mass is 863 g/mol. The van der Waals surface area contributed by atoms with Gasteiger partial charge in [0.25, 0.3) is 5.91 Å². The van der Waals surface area contributed by atoms with Crippen LogP contribution < -0.4 is 10.6 Å². The van der Waals surface area contributed by atoms with Gasteiger partial charge in [0.1, 0.15) is 41.2 Å². The molecule has 3 saturated heterocycles. The number of carbonyl (C=O) groups excluding carboxylic acids is 4. The molecule has 63 heavy (non-hydrogen) atoms. The fourth-order valence-corrected chi connectivity index (χ4v) is 10.0. The SMILES string of the molecule is CC(C)(C)OC(=O)CC[C@@H](CO)NC(=O)c1cccc(CNC(=O)[C@@]23C[C@H]4OC(=O)[C@@H]2N(Cc2ccccc2C=CCc2ccccc2O)O[C@@H]3[C@H]2OC(C3CC3)(C3CC3)O[C@H]24)c1. The van der Waals surface area contributed by atoms with Crippen molar-refractivity contribution in [2.24, 2.45) is 17.3 Å². The molecule has 3 aliphatic carbocycles. The zero-order chi connectivity index (χ0) is 44.1. The summed E-state index contributed by atoms with van der Waals surface area (Å²) in [4.78, 5) is 61.9. The Morgan fingerprint density at radius 3 is 2.38 bits per heavy atom. The number of aliphatic hydroxyl groups is 1. The third-order valence-electron chi connectivity index (χ3n) is 13.2. The van der Waals surface area contributed by atoms with E-state index in [0.717, 1.165) is 42.4 Å². The maximum atomic E-state index is 15.0. The van der Waals surface area contributed by atoms with Gasteiger partial charge in [0.05, 0.1) is 19.2 Å². The van der Waals surface area contributed by atoms with Gasteiger partial charge in [0.2, 0.25) is 5.91 Å². The van der Waals surface area contributed by atoms with E-state index in [1.807, 2.05) is 48.6 Å². The molecule has 0 unspecified atom stereocenters. The first-order valence-electron chi connectivity index (χ1n) is 22.3. The minimum absolute atomic E-state index is 0.0273. The van der Waals surface area contributed by atoms with Crippen LogP contribution in [0, 0.1) is 17.3 Å². The molecule has 2 bridgehead atoms. The van der Waals surface area contributed by atoms with Crippen molar-refractivity contribution in [3.05, 3.63) is 107 Å². The number of para-hydroxylation sites is 1. The van der Waals surface area contributed by atoms with Crippen molar-refractivity contribution in [2.75, 3.05) is 6.61 Å². The predicted molar refractivity (Wildman–Crippen MR) is 228 cm³/mol. The van der Waals surface area contributed by atoms with E-state index in [0.29, 0.717) is 17.5 Å². The lowest BCUT2D eigenvalue weighted by Crippen LogP contribution is -2.69. The second kappa shape index (κ2) is 17.1. The third-order valence-corrected chi connectivity index (χ3v) is 13.2. The Morgan fingerprint density at radius 2 is 1.67 bits per heavy atom. The Hall–Kier alpha value is -5.12. The molecule has 0 spiro atoms. The van der Waals surface area contributed by atoms with E-state index in [4.69, 9.17) is 23.8 Å². The summed E-state index contributed by atoms with van der Waals surface area (Å²) in [6.07, 6.45) is 6.02. The first-order chi connectivity index (χ1) is 30.3. The zero-order valence-electron chi connectivity index (χ0n) is 36.0. The number of hydrogen-bond donors (Lipinski definition) is 4. The molecule has 14 nitrogen and oxygen atoms in total. The highest BCUT2D eigenvalue weighted by Gasteiger charge is 2.78. The average Bonchev–Trinajstić information content (AvgIpc) is 4.21. The van der Waals surface area contributed by atoms with Crippen LogP contribution in [0.1, 0.15) is 98.3 Å². The number of ether oxygens (including phenoxy) is 4. The van der Waals surface area contributed by atoms with Gasteiger partial charge >= 0.3 is 11.9 Å². The van der Waals surface area contributed by atoms with Gasteiger partial charge in [0, 0.05) is 36.8 Å². The lowest BCUT2D eigenvalue weighted by Gasteiger charge is -2.48. The second-order valence-electron chi connectivity index (χ2n) is 19.0. The van der Waals surface area contributed by atoms with Gasteiger partial charge < -0.3 is 39.8 Å². The fourth-order valence-electron chi connectivity index (χ4n) is 10.0. The summed E-state index contributed by atoms with van der Waals surface area (Å²) < 4.78 is 25.5. The molecule has 3 aromatic carbocycles. The lowest BCUT2D eigenvalue weighted by atomic mass is 9.62. The second-order valence-corrected chi connectivity index (χ2v) is 19.0. The van der Waals surface area contributed by atoms with Crippen LogP contribution in [-0.2, 0) is 57.7 Å². The van der Waals surface area contributed by atoms with E-state index in [9.17, 15) is 24.6 Å². The van der Waals surface area contributed by atoms with Crippen LogP contribution in [0.4, 0.5) is 0 Å². The van der Waals surface area contributed by atoms with Crippen molar-refractivity contribution >= 4 is 29.8 Å². The lowest BCUT2D eigenvalue weighted by molar-refractivity contribution is -0.235. The molecule has 4 N–H and O–H groups in total. The molecule has 0 radical (unpaired) electrons. The molecule has 3 aliphatic heterocycles. The minimum atomic E-state index is -1.39. The van der Waals surface area contributed by atoms with Gasteiger partial charge in [-0.3, -0.25) is 24.0 Å². The molecule has 3 aromatic rings. The smallest absolute Gasteiger partial charge is 0.327 e. The van der Waals surface area contributed by atoms with Crippen molar-refractivity contribution in [3.63, 3.8) is 0 Å². The Morgan fingerprint density at radius 1 is 0.952 bits per heavy atom. The molecule has 6 aliphatic rings. The summed E-state index contributed by atoms with van der Waals surface area (Å²) in [6.45, 7) is 5.19. The average molecular weight is 864 g/mol. The van der Waals surface area contributed by atoms with E-state index in [1.165, 1.54) is 0 Å². The quantitative estimate of drug-likeness (QED) is 0.137. The Balaban J connectivity index is 0.950. The number of nitrogens with one attached hydrogen (secondary N) is 2. The summed E-state index contributed by atoms with van der Waals surface area (Å²) in [6, 6.07) is 20.0. The molecule has 0 aromatic heterocycles. The van der Waals surface area contributed by atoms with Gasteiger partial charge in [-0.2, -0.15) is 5.06 Å². The molecular formula is C49H57N3O11. The van der Waals surface area contributed by atoms with Crippen LogP contribution in [0.5, 0.6) is 5.75 Å². The predicted octanol–water partition coefficient (Wildman–Crippen LogP) is 5.28. The number of fused-ring (bicyclic) bond motifs is 4. The van der Waals surface area contributed by atoms with Crippen LogP contribution in [0.25, 0.3) is 6.08 Å². The van der Waals surface area contributed by atoms with E-state index in [-0.39, 0.29) is 62.5 Å². The van der Waals surface area contributed by atoms with Gasteiger partial charge in [-0.15, -0.1) is 0 Å². The number of amides is 2. The van der Waals surface area contributed by atoms with Gasteiger partial charge in [0.15, 0.2) is 11.8 Å². The van der Waals surface area contributed by atoms with E-state index in [1.54, 1.807) is 62.2 Å². The number of nitrogens with zero attached hydrogens (tertiary/aromatic N) is 1. The van der Waals surface area contributed by atoms with E-state index < -0.39 is 71.1 Å². The zero-order valence-corrected chi connectivity index (χ0v) is 36.0. The third kappa shape index (κ3) is 8.63. The molecule has 7 atom stereocenters. The highest BCUT2D eigenvalue weighted by atomic mass is 16.8. The topological polar surface area (TPSA) is 182 Å². The van der Waals surface area contributed by atoms with Crippen LogP contribution in [0.15, 0.2) is 78.9 Å². The Kier molecular flexibility index (Phi) is 11.7.